The van der Waals surface area contributed by atoms with E-state index in [9.17, 15) is 0 Å². The maximum Gasteiger partial charge on any atom is 0 e. The SMILES string of the molecule is CC(C)(C)c1[c-]n[n-]c1.[Re].[Rf]. The van der Waals surface area contributed by atoms with E-state index >= 15 is 0 Å². The van der Waals surface area contributed by atoms with Crippen molar-refractivity contribution in [3.8, 4) is 0 Å². The van der Waals surface area contributed by atoms with Crippen LogP contribution >= 0.6 is 0 Å². The predicted molar refractivity (Wildman–Crippen MR) is 35.1 cm³/mol. The molecule has 0 fully saturated rings. The van der Waals surface area contributed by atoms with E-state index in [0.29, 0.717) is 0 Å². The maximum absolute atomic E-state index is 3.68. The van der Waals surface area contributed by atoms with E-state index in [1.807, 2.05) is 0 Å². The van der Waals surface area contributed by atoms with Crippen molar-refractivity contribution in [2.24, 2.45) is 0 Å². The molecule has 1 rings (SSSR count). The summed E-state index contributed by atoms with van der Waals surface area (Å²) in [6.07, 6.45) is 4.57. The molecule has 1 aromatic rings. The molecular weight excluding hydrogens is 565 g/mol. The number of hydrogen-bond donors (Lipinski definition) is 0. The molecule has 0 aliphatic heterocycles. The van der Waals surface area contributed by atoms with E-state index in [1.165, 1.54) is 0 Å². The third kappa shape index (κ3) is 2.97. The summed E-state index contributed by atoms with van der Waals surface area (Å²) in [6, 6.07) is 0. The van der Waals surface area contributed by atoms with Gasteiger partial charge in [0, 0.05) is 20.4 Å². The molecular formula is C7H10N2ReRf-2. The van der Waals surface area contributed by atoms with Gasteiger partial charge in [0.15, 0.2) is 0 Å². The average molecular weight is 575 g/mol. The molecule has 1 heterocycles. The van der Waals surface area contributed by atoms with Crippen molar-refractivity contribution in [3.05, 3.63) is 18.0 Å². The minimum Gasteiger partial charge on any atom is -0.686 e. The summed E-state index contributed by atoms with van der Waals surface area (Å²) in [7, 11) is 0. The van der Waals surface area contributed by atoms with Crippen LogP contribution in [0.25, 0.3) is 0 Å². The van der Waals surface area contributed by atoms with Gasteiger partial charge in [-0.25, -0.2) is 5.56 Å². The van der Waals surface area contributed by atoms with Crippen LogP contribution in [0.1, 0.15) is 26.3 Å². The summed E-state index contributed by atoms with van der Waals surface area (Å²) in [4.78, 5) is 0. The van der Waals surface area contributed by atoms with Crippen LogP contribution in [0.15, 0.2) is 6.20 Å². The molecule has 11 heavy (non-hydrogen) atoms. The minimum atomic E-state index is 0. The minimum absolute atomic E-state index is 0. The van der Waals surface area contributed by atoms with Gasteiger partial charge in [-0.05, 0) is 5.41 Å². The number of aromatic nitrogens is 2. The molecule has 0 atom stereocenters. The zero-order valence-corrected chi connectivity index (χ0v) is 16.2. The molecule has 0 aliphatic carbocycles. The Morgan fingerprint density at radius 1 is 1.45 bits per heavy atom. The second kappa shape index (κ2) is 3.90. The van der Waals surface area contributed by atoms with Crippen molar-refractivity contribution >= 4 is 0 Å². The molecule has 59 valence electrons. The first-order chi connectivity index (χ1) is 4.11. The summed E-state index contributed by atoms with van der Waals surface area (Å²) in [5.74, 6) is 0. The second-order valence-electron chi connectivity index (χ2n) is 3.12. The van der Waals surface area contributed by atoms with Gasteiger partial charge in [0.1, 0.15) is 0 Å². The third-order valence-corrected chi connectivity index (χ3v) is 1.22. The van der Waals surface area contributed by atoms with Crippen molar-refractivity contribution in [2.45, 2.75) is 26.2 Å². The molecule has 0 unspecified atom stereocenters. The molecule has 0 saturated heterocycles. The summed E-state index contributed by atoms with van der Waals surface area (Å²) < 4.78 is 0. The van der Waals surface area contributed by atoms with E-state index in [-0.39, 0.29) is 25.8 Å². The first-order valence-corrected chi connectivity index (χ1v) is 2.97. The molecule has 0 aliphatic rings. The van der Waals surface area contributed by atoms with Gasteiger partial charge in [-0.1, -0.05) is 20.8 Å². The fourth-order valence-electron chi connectivity index (χ4n) is 0.560. The van der Waals surface area contributed by atoms with Gasteiger partial charge in [-0.2, -0.15) is 6.20 Å². The van der Waals surface area contributed by atoms with Crippen LogP contribution in [0.2, 0.25) is 0 Å². The van der Waals surface area contributed by atoms with Crippen molar-refractivity contribution < 1.29 is 20.4 Å². The first kappa shape index (κ1) is 12.5. The van der Waals surface area contributed by atoms with Gasteiger partial charge in [0.2, 0.25) is 0 Å². The molecule has 0 N–H and O–H groups in total. The Labute approximate surface area is 75.1 Å². The second-order valence-corrected chi connectivity index (χ2v) is 3.12. The Balaban J connectivity index is 0. The molecule has 2 nitrogen and oxygen atoms in total. The largest absolute Gasteiger partial charge is 0.686 e. The molecule has 0 saturated carbocycles. The summed E-state index contributed by atoms with van der Waals surface area (Å²) in [6.45, 7) is 6.34. The van der Waals surface area contributed by atoms with Gasteiger partial charge in [-0.15, -0.1) is 0 Å². The van der Waals surface area contributed by atoms with Crippen molar-refractivity contribution in [2.75, 3.05) is 0 Å². The molecule has 4 heteroatoms. The Morgan fingerprint density at radius 3 is 2.18 bits per heavy atom. The number of nitrogens with zero attached hydrogens (tertiary/aromatic N) is 2. The van der Waals surface area contributed by atoms with Gasteiger partial charge >= 0.3 is 0 Å². The molecule has 0 bridgehead atoms. The van der Waals surface area contributed by atoms with E-state index in [4.69, 9.17) is 0 Å². The standard InChI is InChI=1S/C7H10N2.Re.Rf/c1-7(2,3)6-4-8-9-5-6;;/h4H,1-3H3;;/q-2;;. The van der Waals surface area contributed by atoms with E-state index in [1.54, 1.807) is 6.20 Å². The van der Waals surface area contributed by atoms with Crippen LogP contribution in [0, 0.1) is 6.20 Å². The van der Waals surface area contributed by atoms with E-state index in [2.05, 4.69) is 37.2 Å². The van der Waals surface area contributed by atoms with E-state index in [0.717, 1.165) is 5.56 Å². The Hall–Kier alpha value is -1.13. The quantitative estimate of drug-likeness (QED) is 0.435. The van der Waals surface area contributed by atoms with Crippen LogP contribution in [-0.2, 0) is 25.8 Å². The Morgan fingerprint density at radius 2 is 2.00 bits per heavy atom. The number of rotatable bonds is 0. The van der Waals surface area contributed by atoms with Crippen LogP contribution in [0.4, 0.5) is 0 Å². The average Bonchev–Trinajstić information content (AvgIpc) is 2.08. The van der Waals surface area contributed by atoms with Crippen LogP contribution in [-0.4, -0.2) is 5.10 Å². The molecule has 1 aromatic heterocycles. The van der Waals surface area contributed by atoms with Gasteiger partial charge in [0.05, 0.1) is 0 Å². The monoisotopic (exact) mass is 576 g/mol. The van der Waals surface area contributed by atoms with Crippen molar-refractivity contribution in [1.29, 1.82) is 0 Å². The Kier molecular flexibility index (Phi) is 4.45. The van der Waals surface area contributed by atoms with Crippen LogP contribution < -0.4 is 5.10 Å². The van der Waals surface area contributed by atoms with Gasteiger partial charge in [-0.3, -0.25) is 0 Å². The third-order valence-electron chi connectivity index (χ3n) is 1.22. The smallest absolute Gasteiger partial charge is 0 e. The summed E-state index contributed by atoms with van der Waals surface area (Å²) >= 11 is 0. The van der Waals surface area contributed by atoms with E-state index < -0.39 is 0 Å². The fourth-order valence-corrected chi connectivity index (χ4v) is 0.560. The van der Waals surface area contributed by atoms with Crippen LogP contribution in [0.5, 0.6) is 0 Å². The normalized spacial score (nSPS) is 9.73. The van der Waals surface area contributed by atoms with Crippen LogP contribution in [0.3, 0.4) is 0 Å². The Bertz CT molecular complexity index is 179. The first-order valence-electron chi connectivity index (χ1n) is 2.97. The van der Waals surface area contributed by atoms with Gasteiger partial charge in [0.25, 0.3) is 0 Å². The zero-order chi connectivity index (χ0) is 6.91. The molecule has 0 spiro atoms. The molecule has 0 aromatic carbocycles. The van der Waals surface area contributed by atoms with Gasteiger partial charge < -0.3 is 16.4 Å². The summed E-state index contributed by atoms with van der Waals surface area (Å²) in [5.41, 5.74) is 1.21. The molecule has 0 amide bonds. The number of hydrogen-bond acceptors (Lipinski definition) is 1. The maximum atomic E-state index is 3.68. The predicted octanol–water partition coefficient (Wildman–Crippen LogP) is 1.13. The fraction of sp³-hybridized carbons (Fsp3) is 0.571. The van der Waals surface area contributed by atoms with Crippen molar-refractivity contribution in [3.63, 3.8) is 0 Å². The molecule has 1 radical (unpaired) electrons. The topological polar surface area (TPSA) is 27.0 Å². The summed E-state index contributed by atoms with van der Waals surface area (Å²) in [5, 5.41) is 7.30. The zero-order valence-electron chi connectivity index (χ0n) is 7.06. The van der Waals surface area contributed by atoms with Crippen molar-refractivity contribution in [1.82, 2.24) is 10.2 Å².